The second-order valence-corrected chi connectivity index (χ2v) is 7.10. The van der Waals surface area contributed by atoms with Gasteiger partial charge in [0.25, 0.3) is 0 Å². The molecule has 0 saturated heterocycles. The summed E-state index contributed by atoms with van der Waals surface area (Å²) >= 11 is -1.93. The first kappa shape index (κ1) is 13.2. The van der Waals surface area contributed by atoms with Crippen molar-refractivity contribution >= 4 is 11.1 Å². The van der Waals surface area contributed by atoms with Crippen LogP contribution in [0.15, 0.2) is 48.5 Å². The fraction of sp³-hybridized carbons (Fsp3) is 0.333. The SMILES string of the molecule is O=S([O-])CCC1CC2c3ccccc3C1c1ccccc12. The van der Waals surface area contributed by atoms with Crippen molar-refractivity contribution in [1.29, 1.82) is 0 Å². The average molecular weight is 297 g/mol. The third-order valence-corrected chi connectivity index (χ3v) is 5.65. The van der Waals surface area contributed by atoms with Gasteiger partial charge in [-0.1, -0.05) is 59.6 Å². The molecule has 2 aromatic carbocycles. The Bertz CT molecular complexity index is 662. The van der Waals surface area contributed by atoms with Crippen molar-refractivity contribution in [2.45, 2.75) is 24.7 Å². The molecule has 2 aromatic rings. The molecular formula is C18H17O2S-. The van der Waals surface area contributed by atoms with Crippen LogP contribution in [-0.4, -0.2) is 14.5 Å². The van der Waals surface area contributed by atoms with Gasteiger partial charge in [-0.25, -0.2) is 0 Å². The lowest BCUT2D eigenvalue weighted by molar-refractivity contribution is 0.346. The average Bonchev–Trinajstić information content (AvgIpc) is 2.53. The maximum atomic E-state index is 10.9. The van der Waals surface area contributed by atoms with Crippen LogP contribution in [0.1, 0.15) is 46.9 Å². The second kappa shape index (κ2) is 5.08. The summed E-state index contributed by atoms with van der Waals surface area (Å²) in [6.07, 6.45) is 1.84. The molecule has 5 rings (SSSR count). The fourth-order valence-electron chi connectivity index (χ4n) is 4.29. The molecule has 0 aromatic heterocycles. The molecule has 0 spiro atoms. The van der Waals surface area contributed by atoms with Gasteiger partial charge in [-0.3, -0.25) is 4.21 Å². The zero-order chi connectivity index (χ0) is 14.4. The highest BCUT2D eigenvalue weighted by atomic mass is 32.2. The summed E-state index contributed by atoms with van der Waals surface area (Å²) in [6, 6.07) is 17.4. The van der Waals surface area contributed by atoms with E-state index in [0.29, 0.717) is 17.8 Å². The van der Waals surface area contributed by atoms with Gasteiger partial charge in [0.2, 0.25) is 0 Å². The van der Waals surface area contributed by atoms with Crippen LogP contribution in [0.25, 0.3) is 0 Å². The van der Waals surface area contributed by atoms with Crippen molar-refractivity contribution in [3.8, 4) is 0 Å². The topological polar surface area (TPSA) is 40.1 Å². The smallest absolute Gasteiger partial charge is 0.0124 e. The molecule has 0 fully saturated rings. The van der Waals surface area contributed by atoms with Crippen LogP contribution >= 0.6 is 0 Å². The van der Waals surface area contributed by atoms with Crippen molar-refractivity contribution in [3.05, 3.63) is 70.8 Å². The van der Waals surface area contributed by atoms with Crippen LogP contribution in [0, 0.1) is 5.92 Å². The Morgan fingerprint density at radius 2 is 1.48 bits per heavy atom. The van der Waals surface area contributed by atoms with Crippen molar-refractivity contribution in [3.63, 3.8) is 0 Å². The van der Waals surface area contributed by atoms with Crippen LogP contribution in [0.3, 0.4) is 0 Å². The summed E-state index contributed by atoms with van der Waals surface area (Å²) in [7, 11) is 0. The van der Waals surface area contributed by atoms with Gasteiger partial charge in [-0.05, 0) is 41.0 Å². The van der Waals surface area contributed by atoms with E-state index < -0.39 is 11.1 Å². The number of hydrogen-bond donors (Lipinski definition) is 0. The highest BCUT2D eigenvalue weighted by Crippen LogP contribution is 2.56. The van der Waals surface area contributed by atoms with Gasteiger partial charge < -0.3 is 4.55 Å². The van der Waals surface area contributed by atoms with Gasteiger partial charge in [-0.15, -0.1) is 0 Å². The van der Waals surface area contributed by atoms with E-state index >= 15 is 0 Å². The van der Waals surface area contributed by atoms with Gasteiger partial charge in [0.1, 0.15) is 0 Å². The van der Waals surface area contributed by atoms with E-state index in [0.717, 1.165) is 12.8 Å². The minimum absolute atomic E-state index is 0.276. The monoisotopic (exact) mass is 297 g/mol. The molecule has 21 heavy (non-hydrogen) atoms. The molecule has 0 saturated carbocycles. The number of rotatable bonds is 3. The Morgan fingerprint density at radius 1 is 0.952 bits per heavy atom. The second-order valence-electron chi connectivity index (χ2n) is 6.08. The van der Waals surface area contributed by atoms with E-state index in [2.05, 4.69) is 48.5 Å². The summed E-state index contributed by atoms with van der Waals surface area (Å²) in [5.41, 5.74) is 5.71. The Kier molecular flexibility index (Phi) is 3.20. The molecule has 108 valence electrons. The molecule has 2 unspecified atom stereocenters. The van der Waals surface area contributed by atoms with Crippen molar-refractivity contribution in [1.82, 2.24) is 0 Å². The Labute approximate surface area is 127 Å². The molecule has 0 aliphatic heterocycles. The first-order valence-corrected chi connectivity index (χ1v) is 8.73. The molecule has 3 heteroatoms. The minimum Gasteiger partial charge on any atom is -0.772 e. The Morgan fingerprint density at radius 3 is 2.00 bits per heavy atom. The zero-order valence-electron chi connectivity index (χ0n) is 11.7. The van der Waals surface area contributed by atoms with E-state index in [9.17, 15) is 8.76 Å². The van der Waals surface area contributed by atoms with Gasteiger partial charge in [0.15, 0.2) is 0 Å². The van der Waals surface area contributed by atoms with E-state index in [1.165, 1.54) is 22.3 Å². The summed E-state index contributed by atoms with van der Waals surface area (Å²) in [6.45, 7) is 0. The third-order valence-electron chi connectivity index (χ3n) is 5.08. The van der Waals surface area contributed by atoms with E-state index in [1.807, 2.05) is 0 Å². The number of hydrogen-bond acceptors (Lipinski definition) is 2. The summed E-state index contributed by atoms with van der Waals surface area (Å²) in [5, 5.41) is 0. The number of benzene rings is 2. The maximum Gasteiger partial charge on any atom is 0.0124 e. The lowest BCUT2D eigenvalue weighted by Gasteiger charge is -2.45. The van der Waals surface area contributed by atoms with E-state index in [4.69, 9.17) is 0 Å². The maximum absolute atomic E-state index is 10.9. The molecule has 0 heterocycles. The predicted octanol–water partition coefficient (Wildman–Crippen LogP) is 3.55. The Hall–Kier alpha value is -1.45. The van der Waals surface area contributed by atoms with Crippen LogP contribution in [0.2, 0.25) is 0 Å². The standard InChI is InChI=1S/C18H18O2S/c19-21(20)10-9-12-11-17-13-5-1-3-7-15(13)18(12)16-8-4-2-6-14(16)17/h1-8,12,17-18H,9-11H2,(H,19,20)/p-1. The van der Waals surface area contributed by atoms with Gasteiger partial charge >= 0.3 is 0 Å². The van der Waals surface area contributed by atoms with Crippen molar-refractivity contribution in [2.24, 2.45) is 5.92 Å². The first-order valence-electron chi connectivity index (χ1n) is 7.49. The predicted molar refractivity (Wildman–Crippen MR) is 83.1 cm³/mol. The highest BCUT2D eigenvalue weighted by molar-refractivity contribution is 7.79. The van der Waals surface area contributed by atoms with Crippen LogP contribution < -0.4 is 0 Å². The molecule has 2 atom stereocenters. The van der Waals surface area contributed by atoms with Gasteiger partial charge in [0.05, 0.1) is 0 Å². The molecule has 3 aliphatic carbocycles. The lowest BCUT2D eigenvalue weighted by atomic mass is 9.58. The molecular weight excluding hydrogens is 280 g/mol. The normalized spacial score (nSPS) is 27.0. The first-order chi connectivity index (χ1) is 10.3. The van der Waals surface area contributed by atoms with E-state index in [-0.39, 0.29) is 5.75 Å². The van der Waals surface area contributed by atoms with Crippen molar-refractivity contribution < 1.29 is 8.76 Å². The fourth-order valence-corrected chi connectivity index (χ4v) is 4.79. The minimum atomic E-state index is -1.93. The van der Waals surface area contributed by atoms with Crippen LogP contribution in [0.5, 0.6) is 0 Å². The molecule has 0 N–H and O–H groups in total. The summed E-state index contributed by atoms with van der Waals surface area (Å²) in [4.78, 5) is 0. The van der Waals surface area contributed by atoms with Gasteiger partial charge in [0, 0.05) is 17.6 Å². The molecule has 2 nitrogen and oxygen atoms in total. The largest absolute Gasteiger partial charge is 0.772 e. The summed E-state index contributed by atoms with van der Waals surface area (Å²) in [5.74, 6) is 1.52. The van der Waals surface area contributed by atoms with E-state index in [1.54, 1.807) is 0 Å². The molecule has 0 radical (unpaired) electrons. The Balaban J connectivity index is 1.81. The zero-order valence-corrected chi connectivity index (χ0v) is 12.5. The molecule has 0 amide bonds. The molecule has 2 bridgehead atoms. The number of fused-ring (bicyclic) bond motifs is 1. The molecule has 3 aliphatic rings. The summed E-state index contributed by atoms with van der Waals surface area (Å²) < 4.78 is 21.9. The third kappa shape index (κ3) is 2.07. The van der Waals surface area contributed by atoms with Gasteiger partial charge in [-0.2, -0.15) is 0 Å². The van der Waals surface area contributed by atoms with Crippen LogP contribution in [0.4, 0.5) is 0 Å². The van der Waals surface area contributed by atoms with Crippen molar-refractivity contribution in [2.75, 3.05) is 5.75 Å². The van der Waals surface area contributed by atoms with Crippen LogP contribution in [-0.2, 0) is 11.1 Å². The highest BCUT2D eigenvalue weighted by Gasteiger charge is 2.42. The quantitative estimate of drug-likeness (QED) is 0.813. The lowest BCUT2D eigenvalue weighted by Crippen LogP contribution is -2.32.